The summed E-state index contributed by atoms with van der Waals surface area (Å²) in [6.07, 6.45) is 4.49. The molecule has 5 rings (SSSR count). The number of H-pyrrole nitrogens is 1. The Balaban J connectivity index is 1.36. The molecule has 0 spiro atoms. The van der Waals surface area contributed by atoms with Crippen LogP contribution in [-0.4, -0.2) is 40.3 Å². The highest BCUT2D eigenvalue weighted by Gasteiger charge is 2.11. The molecule has 1 aromatic carbocycles. The first-order valence-corrected chi connectivity index (χ1v) is 9.01. The van der Waals surface area contributed by atoms with Crippen LogP contribution in [0.1, 0.15) is 22.6 Å². The molecule has 0 saturated carbocycles. The van der Waals surface area contributed by atoms with Crippen molar-refractivity contribution in [2.75, 3.05) is 5.73 Å². The molecular weight excluding hydrogens is 370 g/mol. The van der Waals surface area contributed by atoms with E-state index in [-0.39, 0.29) is 0 Å². The first kappa shape index (κ1) is 17.0. The van der Waals surface area contributed by atoms with Gasteiger partial charge in [-0.15, -0.1) is 5.10 Å². The van der Waals surface area contributed by atoms with Gasteiger partial charge in [0.15, 0.2) is 5.65 Å². The highest BCUT2D eigenvalue weighted by Crippen LogP contribution is 2.20. The highest BCUT2D eigenvalue weighted by molar-refractivity contribution is 5.76. The second-order valence-electron chi connectivity index (χ2n) is 6.78. The standard InChI is InChI=1S/C19H17N9O/c1-11-22-18(26-29-11)14-4-2-3-12(5-14)9-28-10-13(8-21-28)6-15-7-16(20)23-19-17(15)24-27-25-19/h2-5,7-8,10H,6,9H2,1H3,(H3,20,23,24,25,27). The topological polar surface area (TPSA) is 137 Å². The van der Waals surface area contributed by atoms with E-state index >= 15 is 0 Å². The van der Waals surface area contributed by atoms with Crippen molar-refractivity contribution < 1.29 is 4.52 Å². The molecule has 0 fully saturated rings. The van der Waals surface area contributed by atoms with Gasteiger partial charge in [0.05, 0.1) is 12.7 Å². The minimum atomic E-state index is 0.430. The van der Waals surface area contributed by atoms with Crippen LogP contribution in [0.4, 0.5) is 5.82 Å². The van der Waals surface area contributed by atoms with Gasteiger partial charge in [0, 0.05) is 25.1 Å². The van der Waals surface area contributed by atoms with Gasteiger partial charge in [0.1, 0.15) is 11.3 Å². The van der Waals surface area contributed by atoms with Crippen molar-refractivity contribution in [3.8, 4) is 11.4 Å². The number of benzene rings is 1. The van der Waals surface area contributed by atoms with E-state index in [0.717, 1.165) is 27.8 Å². The average Bonchev–Trinajstić information content (AvgIpc) is 3.43. The molecule has 4 heterocycles. The smallest absolute Gasteiger partial charge is 0.223 e. The molecule has 0 amide bonds. The summed E-state index contributed by atoms with van der Waals surface area (Å²) in [6.45, 7) is 2.40. The molecule has 0 radical (unpaired) electrons. The maximum absolute atomic E-state index is 5.88. The Morgan fingerprint density at radius 2 is 2.10 bits per heavy atom. The van der Waals surface area contributed by atoms with Crippen LogP contribution in [0.25, 0.3) is 22.6 Å². The van der Waals surface area contributed by atoms with E-state index in [1.807, 2.05) is 47.4 Å². The van der Waals surface area contributed by atoms with Gasteiger partial charge in [-0.25, -0.2) is 10.1 Å². The second-order valence-corrected chi connectivity index (χ2v) is 6.78. The summed E-state index contributed by atoms with van der Waals surface area (Å²) in [7, 11) is 0. The summed E-state index contributed by atoms with van der Waals surface area (Å²) in [6, 6.07) is 9.83. The van der Waals surface area contributed by atoms with Crippen LogP contribution in [-0.2, 0) is 13.0 Å². The van der Waals surface area contributed by atoms with Crippen LogP contribution in [0.3, 0.4) is 0 Å². The molecule has 10 nitrogen and oxygen atoms in total. The van der Waals surface area contributed by atoms with Gasteiger partial charge in [0.25, 0.3) is 0 Å². The lowest BCUT2D eigenvalue weighted by Crippen LogP contribution is -2.00. The quantitative estimate of drug-likeness (QED) is 0.468. The number of nitrogens with zero attached hydrogens (tertiary/aromatic N) is 7. The third-order valence-electron chi connectivity index (χ3n) is 4.54. The summed E-state index contributed by atoms with van der Waals surface area (Å²) >= 11 is 0. The number of anilines is 1. The van der Waals surface area contributed by atoms with E-state index in [9.17, 15) is 0 Å². The Bertz CT molecular complexity index is 1300. The summed E-state index contributed by atoms with van der Waals surface area (Å²) < 4.78 is 6.96. The molecule has 3 N–H and O–H groups in total. The summed E-state index contributed by atoms with van der Waals surface area (Å²) in [4.78, 5) is 8.47. The van der Waals surface area contributed by atoms with Crippen LogP contribution >= 0.6 is 0 Å². The largest absolute Gasteiger partial charge is 0.384 e. The lowest BCUT2D eigenvalue weighted by atomic mass is 10.1. The Hall–Kier alpha value is -4.08. The summed E-state index contributed by atoms with van der Waals surface area (Å²) in [5.41, 5.74) is 11.2. The third kappa shape index (κ3) is 3.43. The Morgan fingerprint density at radius 1 is 1.17 bits per heavy atom. The van der Waals surface area contributed by atoms with Gasteiger partial charge >= 0.3 is 0 Å². The number of nitrogens with one attached hydrogen (secondary N) is 1. The summed E-state index contributed by atoms with van der Waals surface area (Å²) in [5, 5.41) is 19.1. The number of nitrogen functional groups attached to an aromatic ring is 1. The van der Waals surface area contributed by atoms with E-state index in [2.05, 4.69) is 35.6 Å². The molecule has 0 atom stereocenters. The van der Waals surface area contributed by atoms with Crippen LogP contribution in [0, 0.1) is 6.92 Å². The van der Waals surface area contributed by atoms with Gasteiger partial charge in [-0.3, -0.25) is 4.68 Å². The second kappa shape index (κ2) is 6.82. The molecule has 0 saturated heterocycles. The lowest BCUT2D eigenvalue weighted by Gasteiger charge is -2.04. The first-order valence-electron chi connectivity index (χ1n) is 9.01. The number of aryl methyl sites for hydroxylation is 1. The van der Waals surface area contributed by atoms with Crippen molar-refractivity contribution in [1.82, 2.24) is 40.3 Å². The lowest BCUT2D eigenvalue weighted by molar-refractivity contribution is 0.394. The number of nitrogens with two attached hydrogens (primary N) is 1. The number of rotatable bonds is 5. The Labute approximate surface area is 164 Å². The fourth-order valence-electron chi connectivity index (χ4n) is 3.28. The number of aromatic amines is 1. The van der Waals surface area contributed by atoms with Gasteiger partial charge in [-0.05, 0) is 28.8 Å². The SMILES string of the molecule is Cc1nc(-c2cccc(Cn3cc(Cc4cc(N)nc5[nH]nnc45)cn3)c2)no1. The van der Waals surface area contributed by atoms with Gasteiger partial charge in [-0.2, -0.15) is 10.1 Å². The fraction of sp³-hybridized carbons (Fsp3) is 0.158. The molecule has 29 heavy (non-hydrogen) atoms. The predicted molar refractivity (Wildman–Crippen MR) is 105 cm³/mol. The van der Waals surface area contributed by atoms with Crippen molar-refractivity contribution in [3.05, 3.63) is 65.3 Å². The monoisotopic (exact) mass is 387 g/mol. The van der Waals surface area contributed by atoms with E-state index in [4.69, 9.17) is 10.3 Å². The Kier molecular flexibility index (Phi) is 4.01. The van der Waals surface area contributed by atoms with Crippen LogP contribution in [0.15, 0.2) is 47.2 Å². The average molecular weight is 387 g/mol. The minimum Gasteiger partial charge on any atom is -0.384 e. The van der Waals surface area contributed by atoms with Crippen molar-refractivity contribution in [2.45, 2.75) is 19.9 Å². The van der Waals surface area contributed by atoms with Crippen molar-refractivity contribution >= 4 is 17.0 Å². The summed E-state index contributed by atoms with van der Waals surface area (Å²) in [5.74, 6) is 1.55. The number of fused-ring (bicyclic) bond motifs is 1. The molecule has 0 aliphatic rings. The van der Waals surface area contributed by atoms with Crippen LogP contribution in [0.2, 0.25) is 0 Å². The number of pyridine rings is 1. The van der Waals surface area contributed by atoms with Gasteiger partial charge in [0.2, 0.25) is 11.7 Å². The maximum Gasteiger partial charge on any atom is 0.223 e. The van der Waals surface area contributed by atoms with Crippen molar-refractivity contribution in [1.29, 1.82) is 0 Å². The zero-order valence-electron chi connectivity index (χ0n) is 15.6. The van der Waals surface area contributed by atoms with Crippen molar-refractivity contribution in [3.63, 3.8) is 0 Å². The molecule has 10 heteroatoms. The zero-order valence-corrected chi connectivity index (χ0v) is 15.6. The first-order chi connectivity index (χ1) is 14.1. The molecule has 0 bridgehead atoms. The molecule has 0 aliphatic carbocycles. The van der Waals surface area contributed by atoms with E-state index in [1.54, 1.807) is 6.92 Å². The Morgan fingerprint density at radius 3 is 2.97 bits per heavy atom. The van der Waals surface area contributed by atoms with Crippen LogP contribution in [0.5, 0.6) is 0 Å². The molecule has 0 aliphatic heterocycles. The van der Waals surface area contributed by atoms with E-state index < -0.39 is 0 Å². The molecule has 0 unspecified atom stereocenters. The maximum atomic E-state index is 5.88. The molecular formula is C19H17N9O. The van der Waals surface area contributed by atoms with Gasteiger partial charge in [-0.1, -0.05) is 28.6 Å². The van der Waals surface area contributed by atoms with E-state index in [0.29, 0.717) is 36.1 Å². The molecule has 5 aromatic rings. The fourth-order valence-corrected chi connectivity index (χ4v) is 3.28. The zero-order chi connectivity index (χ0) is 19.8. The molecule has 144 valence electrons. The predicted octanol–water partition coefficient (Wildman–Crippen LogP) is 2.13. The number of aromatic nitrogens is 8. The number of hydrogen-bond acceptors (Lipinski definition) is 8. The number of hydrogen-bond donors (Lipinski definition) is 2. The molecule has 4 aromatic heterocycles. The third-order valence-corrected chi connectivity index (χ3v) is 4.54. The normalized spacial score (nSPS) is 11.3. The van der Waals surface area contributed by atoms with Crippen LogP contribution < -0.4 is 5.73 Å². The van der Waals surface area contributed by atoms with Gasteiger partial charge < -0.3 is 10.3 Å². The van der Waals surface area contributed by atoms with E-state index in [1.165, 1.54) is 0 Å². The van der Waals surface area contributed by atoms with Crippen molar-refractivity contribution in [2.24, 2.45) is 0 Å². The minimum absolute atomic E-state index is 0.430. The highest BCUT2D eigenvalue weighted by atomic mass is 16.5.